The van der Waals surface area contributed by atoms with Crippen molar-refractivity contribution in [2.24, 2.45) is 0 Å². The van der Waals surface area contributed by atoms with Crippen molar-refractivity contribution in [3.05, 3.63) is 23.2 Å². The Labute approximate surface area is 108 Å². The fourth-order valence-electron chi connectivity index (χ4n) is 2.27. The Kier molecular flexibility index (Phi) is 4.13. The molecule has 1 aliphatic heterocycles. The van der Waals surface area contributed by atoms with E-state index in [9.17, 15) is 0 Å². The topological polar surface area (TPSA) is 24.5 Å². The van der Waals surface area contributed by atoms with Gasteiger partial charge < -0.3 is 15.0 Å². The molecule has 1 aliphatic rings. The second kappa shape index (κ2) is 5.61. The van der Waals surface area contributed by atoms with Crippen molar-refractivity contribution in [3.8, 4) is 5.75 Å². The maximum atomic E-state index is 6.03. The van der Waals surface area contributed by atoms with Gasteiger partial charge in [-0.25, -0.2) is 0 Å². The van der Waals surface area contributed by atoms with Crippen LogP contribution in [0.3, 0.4) is 0 Å². The van der Waals surface area contributed by atoms with E-state index in [4.69, 9.17) is 16.3 Å². The van der Waals surface area contributed by atoms with Crippen LogP contribution in [0.25, 0.3) is 0 Å². The lowest BCUT2D eigenvalue weighted by molar-refractivity contribution is 0.414. The number of hydrogen-bond acceptors (Lipinski definition) is 3. The lowest BCUT2D eigenvalue weighted by Gasteiger charge is -2.33. The number of hydrogen-bond donors (Lipinski definition) is 1. The number of benzene rings is 1. The number of halogens is 1. The van der Waals surface area contributed by atoms with E-state index in [2.05, 4.69) is 16.3 Å². The van der Waals surface area contributed by atoms with Crippen LogP contribution in [0.15, 0.2) is 18.2 Å². The van der Waals surface area contributed by atoms with E-state index in [1.165, 1.54) is 18.5 Å². The van der Waals surface area contributed by atoms with E-state index in [1.54, 1.807) is 7.11 Å². The maximum Gasteiger partial charge on any atom is 0.139 e. The van der Waals surface area contributed by atoms with Crippen molar-refractivity contribution in [2.75, 3.05) is 32.1 Å². The van der Waals surface area contributed by atoms with Crippen molar-refractivity contribution in [1.82, 2.24) is 5.32 Å². The minimum Gasteiger partial charge on any atom is -0.495 e. The van der Waals surface area contributed by atoms with Crippen LogP contribution in [-0.4, -0.2) is 33.3 Å². The molecular formula is C13H19ClN2O. The first kappa shape index (κ1) is 12.5. The Morgan fingerprint density at radius 2 is 2.06 bits per heavy atom. The first-order chi connectivity index (χ1) is 8.24. The van der Waals surface area contributed by atoms with Gasteiger partial charge in [0.15, 0.2) is 0 Å². The van der Waals surface area contributed by atoms with Gasteiger partial charge in [0, 0.05) is 30.9 Å². The number of piperidine rings is 1. The molecule has 0 amide bonds. The normalized spacial score (nSPS) is 17.2. The maximum absolute atomic E-state index is 6.03. The highest BCUT2D eigenvalue weighted by Crippen LogP contribution is 2.30. The molecule has 1 N–H and O–H groups in total. The summed E-state index contributed by atoms with van der Waals surface area (Å²) in [5.41, 5.74) is 1.20. The first-order valence-electron chi connectivity index (χ1n) is 6.00. The van der Waals surface area contributed by atoms with Crippen LogP contribution in [-0.2, 0) is 0 Å². The lowest BCUT2D eigenvalue weighted by Crippen LogP contribution is -2.41. The molecule has 1 heterocycles. The molecule has 1 aromatic rings. The zero-order valence-corrected chi connectivity index (χ0v) is 11.1. The van der Waals surface area contributed by atoms with Crippen molar-refractivity contribution in [1.29, 1.82) is 0 Å². The third-order valence-electron chi connectivity index (χ3n) is 3.40. The Morgan fingerprint density at radius 3 is 2.65 bits per heavy atom. The average molecular weight is 255 g/mol. The zero-order valence-electron chi connectivity index (χ0n) is 10.4. The number of nitrogens with one attached hydrogen (secondary N) is 1. The molecule has 2 rings (SSSR count). The highest BCUT2D eigenvalue weighted by atomic mass is 35.5. The predicted molar refractivity (Wildman–Crippen MR) is 72.3 cm³/mol. The minimum absolute atomic E-state index is 0.653. The SMILES string of the molecule is CNC1CCN(c2ccc(Cl)c(OC)c2)CC1. The molecule has 3 nitrogen and oxygen atoms in total. The first-order valence-corrected chi connectivity index (χ1v) is 6.38. The Morgan fingerprint density at radius 1 is 1.35 bits per heavy atom. The predicted octanol–water partition coefficient (Wildman–Crippen LogP) is 2.54. The van der Waals surface area contributed by atoms with E-state index in [-0.39, 0.29) is 0 Å². The number of rotatable bonds is 3. The van der Waals surface area contributed by atoms with Crippen LogP contribution in [0.1, 0.15) is 12.8 Å². The number of nitrogens with zero attached hydrogens (tertiary/aromatic N) is 1. The molecule has 0 bridgehead atoms. The average Bonchev–Trinajstić information content (AvgIpc) is 2.39. The van der Waals surface area contributed by atoms with E-state index < -0.39 is 0 Å². The van der Waals surface area contributed by atoms with Crippen molar-refractivity contribution in [3.63, 3.8) is 0 Å². The molecule has 1 fully saturated rings. The second-order valence-electron chi connectivity index (χ2n) is 4.37. The summed E-state index contributed by atoms with van der Waals surface area (Å²) in [6.45, 7) is 2.16. The van der Waals surface area contributed by atoms with Crippen molar-refractivity contribution < 1.29 is 4.74 Å². The fourth-order valence-corrected chi connectivity index (χ4v) is 2.47. The molecule has 0 spiro atoms. The fraction of sp³-hybridized carbons (Fsp3) is 0.538. The van der Waals surface area contributed by atoms with Crippen LogP contribution < -0.4 is 15.0 Å². The highest BCUT2D eigenvalue weighted by molar-refractivity contribution is 6.32. The molecule has 0 unspecified atom stereocenters. The lowest BCUT2D eigenvalue weighted by atomic mass is 10.0. The molecular weight excluding hydrogens is 236 g/mol. The summed E-state index contributed by atoms with van der Waals surface area (Å²) in [5, 5.41) is 4.00. The quantitative estimate of drug-likeness (QED) is 0.897. The van der Waals surface area contributed by atoms with Crippen molar-refractivity contribution in [2.45, 2.75) is 18.9 Å². The minimum atomic E-state index is 0.653. The van der Waals surface area contributed by atoms with Gasteiger partial charge in [-0.1, -0.05) is 11.6 Å². The Hall–Kier alpha value is -0.930. The summed E-state index contributed by atoms with van der Waals surface area (Å²) >= 11 is 6.03. The highest BCUT2D eigenvalue weighted by Gasteiger charge is 2.18. The molecule has 0 aromatic heterocycles. The van der Waals surface area contributed by atoms with Gasteiger partial charge in [0.2, 0.25) is 0 Å². The third-order valence-corrected chi connectivity index (χ3v) is 3.72. The Bertz CT molecular complexity index is 376. The van der Waals surface area contributed by atoms with Crippen LogP contribution in [0, 0.1) is 0 Å². The van der Waals surface area contributed by atoms with Gasteiger partial charge in [-0.2, -0.15) is 0 Å². The molecule has 17 heavy (non-hydrogen) atoms. The summed E-state index contributed by atoms with van der Waals surface area (Å²) in [4.78, 5) is 2.38. The van der Waals surface area contributed by atoms with Crippen LogP contribution in [0.2, 0.25) is 5.02 Å². The molecule has 1 aromatic carbocycles. The van der Waals surface area contributed by atoms with Crippen LogP contribution in [0.4, 0.5) is 5.69 Å². The van der Waals surface area contributed by atoms with Crippen LogP contribution in [0.5, 0.6) is 5.75 Å². The van der Waals surface area contributed by atoms with Gasteiger partial charge in [0.1, 0.15) is 5.75 Å². The van der Waals surface area contributed by atoms with Crippen LogP contribution >= 0.6 is 11.6 Å². The summed E-state index contributed by atoms with van der Waals surface area (Å²) in [5.74, 6) is 0.750. The van der Waals surface area contributed by atoms with E-state index in [0.29, 0.717) is 11.1 Å². The van der Waals surface area contributed by atoms with Gasteiger partial charge in [-0.05, 0) is 32.0 Å². The molecule has 94 valence electrons. The molecule has 0 saturated carbocycles. The van der Waals surface area contributed by atoms with E-state index in [0.717, 1.165) is 18.8 Å². The van der Waals surface area contributed by atoms with Crippen molar-refractivity contribution >= 4 is 17.3 Å². The zero-order chi connectivity index (χ0) is 12.3. The molecule has 4 heteroatoms. The molecule has 0 radical (unpaired) electrons. The summed E-state index contributed by atoms with van der Waals surface area (Å²) in [7, 11) is 3.68. The smallest absolute Gasteiger partial charge is 0.139 e. The largest absolute Gasteiger partial charge is 0.495 e. The summed E-state index contributed by atoms with van der Waals surface area (Å²) in [6, 6.07) is 6.63. The Balaban J connectivity index is 2.08. The summed E-state index contributed by atoms with van der Waals surface area (Å²) < 4.78 is 5.25. The molecule has 0 aliphatic carbocycles. The number of ether oxygens (including phenoxy) is 1. The van der Waals surface area contributed by atoms with E-state index in [1.807, 2.05) is 19.2 Å². The third kappa shape index (κ3) is 2.85. The van der Waals surface area contributed by atoms with Gasteiger partial charge in [0.05, 0.1) is 12.1 Å². The summed E-state index contributed by atoms with van der Waals surface area (Å²) in [6.07, 6.45) is 2.36. The number of methoxy groups -OCH3 is 1. The van der Waals surface area contributed by atoms with Gasteiger partial charge in [-0.3, -0.25) is 0 Å². The van der Waals surface area contributed by atoms with E-state index >= 15 is 0 Å². The molecule has 1 saturated heterocycles. The monoisotopic (exact) mass is 254 g/mol. The van der Waals surface area contributed by atoms with Gasteiger partial charge in [-0.15, -0.1) is 0 Å². The number of anilines is 1. The second-order valence-corrected chi connectivity index (χ2v) is 4.78. The van der Waals surface area contributed by atoms with Gasteiger partial charge >= 0.3 is 0 Å². The standard InChI is InChI=1S/C13H19ClN2O/c1-15-10-5-7-16(8-6-10)11-3-4-12(14)13(9-11)17-2/h3-4,9-10,15H,5-8H2,1-2H3. The molecule has 0 atom stereocenters. The van der Waals surface area contributed by atoms with Gasteiger partial charge in [0.25, 0.3) is 0 Å².